The zero-order chi connectivity index (χ0) is 33.5. The molecule has 252 valence electrons. The van der Waals surface area contributed by atoms with Crippen LogP contribution in [0.25, 0.3) is 43.8 Å². The predicted octanol–water partition coefficient (Wildman–Crippen LogP) is 6.92. The third-order valence-corrected chi connectivity index (χ3v) is 8.82. The summed E-state index contributed by atoms with van der Waals surface area (Å²) in [5, 5.41) is 5.49. The maximum absolute atomic E-state index is 3.34. The molecule has 0 spiro atoms. The smallest absolute Gasteiger partial charge is 1.00 e. The summed E-state index contributed by atoms with van der Waals surface area (Å²) in [5.74, 6) is 0. The van der Waals surface area contributed by atoms with Crippen LogP contribution in [0.1, 0.15) is 90.5 Å². The summed E-state index contributed by atoms with van der Waals surface area (Å²) in [6, 6.07) is 40.8. The normalized spacial score (nSPS) is 11.1. The number of aryl methyl sites for hydroxylation is 2. The Kier molecular flexibility index (Phi) is 16.0. The molecule has 48 heavy (non-hydrogen) atoms. The molecule has 0 aliphatic carbocycles. The van der Waals surface area contributed by atoms with Crippen LogP contribution in [0.4, 0.5) is 0 Å². The Hall–Kier alpha value is -2.57. The average Bonchev–Trinajstić information content (AvgIpc) is 3.65. The standard InChI is InChI=1S/2C22H25.CH2.2ClH.Zr/c2*1-5-7-16-14-18-8-6-9-20(21(18)15-16)17-10-12-19(13-11-17)22(2,3)4;;;;/h2*6,8-15H,5,7H2,1-4H3;1H2;2*1H;/q2*-1;;;;+2/p-2. The second-order valence-electron chi connectivity index (χ2n) is 14.5. The van der Waals surface area contributed by atoms with Gasteiger partial charge in [-0.15, -0.1) is 69.1 Å². The minimum Gasteiger partial charge on any atom is -1.00 e. The summed E-state index contributed by atoms with van der Waals surface area (Å²) < 4.78 is 3.34. The molecule has 0 amide bonds. The van der Waals surface area contributed by atoms with Gasteiger partial charge in [0.2, 0.25) is 0 Å². The van der Waals surface area contributed by atoms with Crippen molar-refractivity contribution in [3.05, 3.63) is 131 Å². The van der Waals surface area contributed by atoms with Gasteiger partial charge in [-0.25, -0.2) is 0 Å². The number of rotatable bonds is 6. The van der Waals surface area contributed by atoms with Gasteiger partial charge in [0.1, 0.15) is 0 Å². The minimum atomic E-state index is 0. The van der Waals surface area contributed by atoms with Crippen molar-refractivity contribution in [1.29, 1.82) is 0 Å². The Bertz CT molecular complexity index is 1700. The summed E-state index contributed by atoms with van der Waals surface area (Å²) in [6.07, 6.45) is 4.73. The molecule has 0 fully saturated rings. The Morgan fingerprint density at radius 3 is 1.15 bits per heavy atom. The van der Waals surface area contributed by atoms with Gasteiger partial charge in [0.15, 0.2) is 0 Å². The maximum Gasteiger partial charge on any atom is -1.00 e. The molecule has 0 heterocycles. The molecule has 0 aromatic heterocycles. The van der Waals surface area contributed by atoms with Crippen LogP contribution in [0.15, 0.2) is 109 Å². The van der Waals surface area contributed by atoms with Crippen molar-refractivity contribution >= 4 is 25.8 Å². The molecule has 6 aromatic carbocycles. The van der Waals surface area contributed by atoms with E-state index in [0.717, 1.165) is 12.8 Å². The predicted molar refractivity (Wildman–Crippen MR) is 202 cm³/mol. The molecule has 3 heteroatoms. The Balaban J connectivity index is 0.000000305. The van der Waals surface area contributed by atoms with Crippen molar-refractivity contribution < 1.29 is 49.0 Å². The largest absolute Gasteiger partial charge is 1.00 e. The minimum absolute atomic E-state index is 0. The fourth-order valence-corrected chi connectivity index (χ4v) is 6.26. The summed E-state index contributed by atoms with van der Waals surface area (Å²) in [4.78, 5) is 0. The summed E-state index contributed by atoms with van der Waals surface area (Å²) in [7, 11) is 0. The topological polar surface area (TPSA) is 0 Å². The van der Waals surface area contributed by atoms with E-state index < -0.39 is 0 Å². The van der Waals surface area contributed by atoms with E-state index >= 15 is 0 Å². The van der Waals surface area contributed by atoms with Crippen LogP contribution in [0.3, 0.4) is 0 Å². The van der Waals surface area contributed by atoms with Gasteiger partial charge < -0.3 is 24.8 Å². The third-order valence-electron chi connectivity index (χ3n) is 8.82. The van der Waals surface area contributed by atoms with Crippen LogP contribution < -0.4 is 24.8 Å². The van der Waals surface area contributed by atoms with Crippen molar-refractivity contribution in [3.63, 3.8) is 0 Å². The molecular formula is C45H52Cl2Zr-2. The van der Waals surface area contributed by atoms with Gasteiger partial charge in [-0.1, -0.05) is 140 Å². The Morgan fingerprint density at radius 2 is 0.854 bits per heavy atom. The van der Waals surface area contributed by atoms with Gasteiger partial charge >= 0.3 is 28.4 Å². The first-order valence-corrected chi connectivity index (χ1v) is 18.7. The van der Waals surface area contributed by atoms with Crippen LogP contribution in [0.2, 0.25) is 0 Å². The number of fused-ring (bicyclic) bond motifs is 2. The fourth-order valence-electron chi connectivity index (χ4n) is 6.26. The monoisotopic (exact) mass is 752 g/mol. The number of hydrogen-bond donors (Lipinski definition) is 0. The van der Waals surface area contributed by atoms with E-state index in [-0.39, 0.29) is 35.6 Å². The van der Waals surface area contributed by atoms with Crippen molar-refractivity contribution in [2.45, 2.75) is 91.9 Å². The van der Waals surface area contributed by atoms with Crippen LogP contribution in [-0.4, -0.2) is 4.21 Å². The SMILES string of the molecule is CCCc1cc2c(-c3ccc(C(C)(C)C)cc3)cccc2[cH-]1.CCCc1cc2c(-c3ccc(C(C)(C)C)cc3)cccc2[cH-]1.[CH2]=[Zr+2].[Cl-].[Cl-]. The van der Waals surface area contributed by atoms with E-state index in [1.807, 2.05) is 0 Å². The van der Waals surface area contributed by atoms with Gasteiger partial charge in [0.05, 0.1) is 0 Å². The van der Waals surface area contributed by atoms with E-state index in [1.165, 1.54) is 103 Å². The zero-order valence-electron chi connectivity index (χ0n) is 30.2. The average molecular weight is 755 g/mol. The molecule has 0 aliphatic heterocycles. The molecular weight excluding hydrogens is 703 g/mol. The Morgan fingerprint density at radius 1 is 0.521 bits per heavy atom. The van der Waals surface area contributed by atoms with E-state index in [9.17, 15) is 0 Å². The molecule has 0 bridgehead atoms. The second-order valence-corrected chi connectivity index (χ2v) is 14.5. The first-order chi connectivity index (χ1) is 22.0. The van der Waals surface area contributed by atoms with Gasteiger partial charge in [-0.3, -0.25) is 0 Å². The van der Waals surface area contributed by atoms with Crippen LogP contribution in [-0.2, 0) is 47.9 Å². The third kappa shape index (κ3) is 10.2. The van der Waals surface area contributed by atoms with Gasteiger partial charge in [0, 0.05) is 0 Å². The van der Waals surface area contributed by atoms with Crippen molar-refractivity contribution in [2.24, 2.45) is 0 Å². The molecule has 0 saturated carbocycles. The summed E-state index contributed by atoms with van der Waals surface area (Å²) in [5.41, 5.74) is 11.4. The van der Waals surface area contributed by atoms with Crippen LogP contribution >= 0.6 is 0 Å². The van der Waals surface area contributed by atoms with Crippen molar-refractivity contribution in [1.82, 2.24) is 0 Å². The number of halogens is 2. The van der Waals surface area contributed by atoms with E-state index in [0.29, 0.717) is 0 Å². The molecule has 0 radical (unpaired) electrons. The van der Waals surface area contributed by atoms with E-state index in [1.54, 1.807) is 0 Å². The van der Waals surface area contributed by atoms with Crippen LogP contribution in [0, 0.1) is 0 Å². The van der Waals surface area contributed by atoms with Crippen molar-refractivity contribution in [2.75, 3.05) is 0 Å². The molecule has 6 rings (SSSR count). The number of benzene rings is 4. The first kappa shape index (κ1) is 41.6. The molecule has 0 nitrogen and oxygen atoms in total. The van der Waals surface area contributed by atoms with Gasteiger partial charge in [-0.2, -0.15) is 12.1 Å². The van der Waals surface area contributed by atoms with Crippen LogP contribution in [0.5, 0.6) is 0 Å². The first-order valence-electron chi connectivity index (χ1n) is 16.9. The summed E-state index contributed by atoms with van der Waals surface area (Å²) in [6.45, 7) is 18.0. The second kappa shape index (κ2) is 18.4. The number of hydrogen-bond acceptors (Lipinski definition) is 0. The van der Waals surface area contributed by atoms with Gasteiger partial charge in [-0.05, 0) is 45.9 Å². The molecule has 0 atom stereocenters. The molecule has 0 aliphatic rings. The molecule has 0 unspecified atom stereocenters. The maximum atomic E-state index is 3.34. The van der Waals surface area contributed by atoms with Gasteiger partial charge in [0.25, 0.3) is 0 Å². The van der Waals surface area contributed by atoms with Crippen molar-refractivity contribution in [3.8, 4) is 22.3 Å². The molecule has 0 saturated heterocycles. The molecule has 0 N–H and O–H groups in total. The molecule has 6 aromatic rings. The van der Waals surface area contributed by atoms with E-state index in [2.05, 4.69) is 169 Å². The Labute approximate surface area is 318 Å². The van der Waals surface area contributed by atoms with E-state index in [4.69, 9.17) is 0 Å². The quantitative estimate of drug-likeness (QED) is 0.162. The zero-order valence-corrected chi connectivity index (χ0v) is 34.2. The fraction of sp³-hybridized carbons (Fsp3) is 0.311. The summed E-state index contributed by atoms with van der Waals surface area (Å²) >= 11 is 1.30.